The second-order valence-electron chi connectivity index (χ2n) is 5.84. The Morgan fingerprint density at radius 2 is 1.92 bits per heavy atom. The number of rotatable bonds is 5. The third kappa shape index (κ3) is 3.27. The van der Waals surface area contributed by atoms with Crippen LogP contribution in [0.25, 0.3) is 0 Å². The third-order valence-corrected chi connectivity index (χ3v) is 4.93. The number of carbonyl (C=O) groups is 1. The summed E-state index contributed by atoms with van der Waals surface area (Å²) in [6, 6.07) is 7.88. The maximum absolute atomic E-state index is 12.5. The number of nitrogens with zero attached hydrogens (tertiary/aromatic N) is 7. The summed E-state index contributed by atoms with van der Waals surface area (Å²) >= 11 is 1.66. The quantitative estimate of drug-likeness (QED) is 0.643. The van der Waals surface area contributed by atoms with Crippen LogP contribution in [0.4, 0.5) is 0 Å². The summed E-state index contributed by atoms with van der Waals surface area (Å²) in [5.74, 6) is 0.0602. The molecule has 0 bridgehead atoms. The van der Waals surface area contributed by atoms with Crippen LogP contribution in [-0.4, -0.2) is 60.1 Å². The van der Waals surface area contributed by atoms with E-state index in [-0.39, 0.29) is 11.9 Å². The zero-order valence-electron chi connectivity index (χ0n) is 13.7. The number of thioether (sulfide) groups is 1. The molecule has 4 rings (SSSR count). The minimum atomic E-state index is 0.0602. The molecule has 0 radical (unpaired) electrons. The Kier molecular flexibility index (Phi) is 4.22. The Morgan fingerprint density at radius 3 is 2.60 bits per heavy atom. The molecular weight excluding hydrogens is 338 g/mol. The summed E-state index contributed by atoms with van der Waals surface area (Å²) in [4.78, 5) is 17.0. The van der Waals surface area contributed by atoms with Crippen LogP contribution in [0.5, 0.6) is 0 Å². The molecule has 0 atom stereocenters. The third-order valence-electron chi connectivity index (χ3n) is 4.19. The minimum Gasteiger partial charge on any atom is -0.334 e. The van der Waals surface area contributed by atoms with E-state index in [4.69, 9.17) is 0 Å². The first-order chi connectivity index (χ1) is 12.2. The number of amides is 1. The molecule has 1 saturated heterocycles. The number of likely N-dealkylation sites (tertiary alicyclic amines) is 1. The standard InChI is InChI=1S/C16H17N7OS/c1-25-15-4-2-12(3-5-15)16(24)21-10-14(11-21)22-8-13(19-20-22)9-23-17-6-7-18-23/h2-8,14H,9-11H2,1H3. The van der Waals surface area contributed by atoms with Gasteiger partial charge in [0.2, 0.25) is 0 Å². The molecule has 128 valence electrons. The zero-order valence-corrected chi connectivity index (χ0v) is 14.5. The van der Waals surface area contributed by atoms with Crippen LogP contribution in [0.15, 0.2) is 47.8 Å². The molecule has 1 aromatic carbocycles. The number of benzene rings is 1. The lowest BCUT2D eigenvalue weighted by atomic mass is 10.1. The molecule has 0 unspecified atom stereocenters. The summed E-state index contributed by atoms with van der Waals surface area (Å²) < 4.78 is 1.82. The first-order valence-electron chi connectivity index (χ1n) is 7.91. The number of aromatic nitrogens is 6. The normalized spacial score (nSPS) is 14.5. The maximum atomic E-state index is 12.5. The first-order valence-corrected chi connectivity index (χ1v) is 9.13. The molecule has 1 amide bonds. The highest BCUT2D eigenvalue weighted by molar-refractivity contribution is 7.98. The highest BCUT2D eigenvalue weighted by Crippen LogP contribution is 2.23. The van der Waals surface area contributed by atoms with E-state index in [2.05, 4.69) is 20.5 Å². The zero-order chi connectivity index (χ0) is 17.2. The topological polar surface area (TPSA) is 81.7 Å². The van der Waals surface area contributed by atoms with Gasteiger partial charge in [-0.3, -0.25) is 4.79 Å². The minimum absolute atomic E-state index is 0.0602. The predicted molar refractivity (Wildman–Crippen MR) is 92.3 cm³/mol. The van der Waals surface area contributed by atoms with E-state index in [1.807, 2.05) is 46.3 Å². The molecule has 0 spiro atoms. The van der Waals surface area contributed by atoms with Crippen molar-refractivity contribution in [3.8, 4) is 0 Å². The Bertz CT molecular complexity index is 853. The predicted octanol–water partition coefficient (Wildman–Crippen LogP) is 1.34. The molecule has 0 N–H and O–H groups in total. The van der Waals surface area contributed by atoms with Crippen LogP contribution in [0.3, 0.4) is 0 Å². The molecule has 1 aliphatic heterocycles. The summed E-state index contributed by atoms with van der Waals surface area (Å²) in [6.45, 7) is 1.78. The van der Waals surface area contributed by atoms with Crippen LogP contribution in [0.1, 0.15) is 22.1 Å². The van der Waals surface area contributed by atoms with E-state index >= 15 is 0 Å². The molecule has 2 aromatic heterocycles. The fourth-order valence-corrected chi connectivity index (χ4v) is 3.15. The lowest BCUT2D eigenvalue weighted by Crippen LogP contribution is -2.50. The molecule has 0 saturated carbocycles. The van der Waals surface area contributed by atoms with E-state index in [0.717, 1.165) is 16.2 Å². The number of hydrogen-bond donors (Lipinski definition) is 0. The molecule has 0 aliphatic carbocycles. The maximum Gasteiger partial charge on any atom is 0.254 e. The van der Waals surface area contributed by atoms with E-state index in [9.17, 15) is 4.79 Å². The van der Waals surface area contributed by atoms with E-state index in [0.29, 0.717) is 19.6 Å². The van der Waals surface area contributed by atoms with Crippen molar-refractivity contribution in [2.75, 3.05) is 19.3 Å². The molecule has 9 heteroatoms. The Morgan fingerprint density at radius 1 is 1.20 bits per heavy atom. The van der Waals surface area contributed by atoms with Crippen LogP contribution >= 0.6 is 11.8 Å². The van der Waals surface area contributed by atoms with Gasteiger partial charge in [0.05, 0.1) is 24.6 Å². The average Bonchev–Trinajstić information content (AvgIpc) is 3.26. The number of carbonyl (C=O) groups excluding carboxylic acids is 1. The van der Waals surface area contributed by atoms with E-state index in [1.165, 1.54) is 0 Å². The van der Waals surface area contributed by atoms with Crippen molar-refractivity contribution in [2.24, 2.45) is 0 Å². The van der Waals surface area contributed by atoms with Gasteiger partial charge in [-0.05, 0) is 30.5 Å². The first kappa shape index (κ1) is 15.8. The van der Waals surface area contributed by atoms with Gasteiger partial charge in [-0.25, -0.2) is 4.68 Å². The van der Waals surface area contributed by atoms with Crippen LogP contribution < -0.4 is 0 Å². The smallest absolute Gasteiger partial charge is 0.254 e. The second-order valence-corrected chi connectivity index (χ2v) is 6.72. The lowest BCUT2D eigenvalue weighted by Gasteiger charge is -2.38. The molecule has 3 heterocycles. The molecule has 25 heavy (non-hydrogen) atoms. The lowest BCUT2D eigenvalue weighted by molar-refractivity contribution is 0.0498. The van der Waals surface area contributed by atoms with Crippen molar-refractivity contribution < 1.29 is 4.79 Å². The van der Waals surface area contributed by atoms with Gasteiger partial charge in [0.15, 0.2) is 0 Å². The fraction of sp³-hybridized carbons (Fsp3) is 0.312. The molecule has 1 aliphatic rings. The summed E-state index contributed by atoms with van der Waals surface area (Å²) in [5, 5.41) is 16.4. The SMILES string of the molecule is CSc1ccc(C(=O)N2CC(n3cc(Cn4nccn4)nn3)C2)cc1. The van der Waals surface area contributed by atoms with Crippen molar-refractivity contribution in [1.29, 1.82) is 0 Å². The van der Waals surface area contributed by atoms with E-state index < -0.39 is 0 Å². The molecule has 1 fully saturated rings. The van der Waals surface area contributed by atoms with Gasteiger partial charge >= 0.3 is 0 Å². The largest absolute Gasteiger partial charge is 0.334 e. The van der Waals surface area contributed by atoms with Gasteiger partial charge in [0, 0.05) is 23.5 Å². The average molecular weight is 355 g/mol. The van der Waals surface area contributed by atoms with E-state index in [1.54, 1.807) is 29.0 Å². The van der Waals surface area contributed by atoms with Gasteiger partial charge in [-0.1, -0.05) is 5.21 Å². The van der Waals surface area contributed by atoms with Gasteiger partial charge in [0.1, 0.15) is 12.2 Å². The fourth-order valence-electron chi connectivity index (χ4n) is 2.74. The summed E-state index contributed by atoms with van der Waals surface area (Å²) in [6.07, 6.45) is 7.17. The van der Waals surface area contributed by atoms with Crippen molar-refractivity contribution in [2.45, 2.75) is 17.5 Å². The van der Waals surface area contributed by atoms with Crippen LogP contribution in [-0.2, 0) is 6.54 Å². The Balaban J connectivity index is 1.35. The van der Waals surface area contributed by atoms with Crippen molar-refractivity contribution in [1.82, 2.24) is 34.9 Å². The second kappa shape index (κ2) is 6.67. The summed E-state index contributed by atoms with van der Waals surface area (Å²) in [7, 11) is 0. The van der Waals surface area contributed by atoms with Crippen LogP contribution in [0, 0.1) is 0 Å². The Hall–Kier alpha value is -2.68. The van der Waals surface area contributed by atoms with Gasteiger partial charge < -0.3 is 4.90 Å². The van der Waals surface area contributed by atoms with Crippen molar-refractivity contribution >= 4 is 17.7 Å². The Labute approximate surface area is 148 Å². The molecule has 8 nitrogen and oxygen atoms in total. The van der Waals surface area contributed by atoms with Crippen LogP contribution in [0.2, 0.25) is 0 Å². The number of hydrogen-bond acceptors (Lipinski definition) is 6. The van der Waals surface area contributed by atoms with Gasteiger partial charge in [0.25, 0.3) is 5.91 Å². The van der Waals surface area contributed by atoms with Gasteiger partial charge in [-0.15, -0.1) is 16.9 Å². The van der Waals surface area contributed by atoms with Crippen molar-refractivity contribution in [3.63, 3.8) is 0 Å². The van der Waals surface area contributed by atoms with Crippen molar-refractivity contribution in [3.05, 3.63) is 54.1 Å². The van der Waals surface area contributed by atoms with Gasteiger partial charge in [-0.2, -0.15) is 15.0 Å². The highest BCUT2D eigenvalue weighted by atomic mass is 32.2. The monoisotopic (exact) mass is 355 g/mol. The molecule has 3 aromatic rings. The highest BCUT2D eigenvalue weighted by Gasteiger charge is 2.33. The summed E-state index contributed by atoms with van der Waals surface area (Å²) in [5.41, 5.74) is 1.52. The molecular formula is C16H17N7OS.